The summed E-state index contributed by atoms with van der Waals surface area (Å²) in [6.07, 6.45) is 2.99. The van der Waals surface area contributed by atoms with Crippen molar-refractivity contribution in [3.63, 3.8) is 0 Å². The molecule has 2 nitrogen and oxygen atoms in total. The summed E-state index contributed by atoms with van der Waals surface area (Å²) < 4.78 is 5.35. The average molecular weight is 187 g/mol. The molecule has 1 rings (SSSR count). The fourth-order valence-corrected chi connectivity index (χ4v) is 2.02. The third kappa shape index (κ3) is 3.65. The van der Waals surface area contributed by atoms with Crippen molar-refractivity contribution in [2.75, 3.05) is 20.7 Å². The molecule has 2 atom stereocenters. The second kappa shape index (κ2) is 5.61. The molecule has 0 spiro atoms. The number of hydrogen-bond donors (Lipinski definition) is 0. The van der Waals surface area contributed by atoms with Gasteiger partial charge in [0.25, 0.3) is 0 Å². The normalized spacial score (nSPS) is 29.3. The molecular weight excluding hydrogens is 162 g/mol. The Bertz CT molecular complexity index is 136. The zero-order valence-corrected chi connectivity index (χ0v) is 8.71. The van der Waals surface area contributed by atoms with Crippen molar-refractivity contribution in [1.29, 1.82) is 0 Å². The molecule has 1 saturated heterocycles. The first-order chi connectivity index (χ1) is 5.63. The molecule has 0 aromatic heterocycles. The second-order valence-electron chi connectivity index (χ2n) is 4.32. The molecule has 0 bridgehead atoms. The maximum atomic E-state index is 5.35. The summed E-state index contributed by atoms with van der Waals surface area (Å²) in [6.45, 7) is 5.68. The zero-order valence-electron chi connectivity index (χ0n) is 8.71. The highest BCUT2D eigenvalue weighted by Gasteiger charge is 2.29. The van der Waals surface area contributed by atoms with E-state index in [9.17, 15) is 0 Å². The van der Waals surface area contributed by atoms with Crippen LogP contribution >= 0.6 is 0 Å². The number of rotatable bonds is 3. The van der Waals surface area contributed by atoms with E-state index in [1.807, 2.05) is 7.11 Å². The van der Waals surface area contributed by atoms with Crippen LogP contribution < -0.4 is 0 Å². The average Bonchev–Trinajstić information content (AvgIpc) is 2.31. The quantitative estimate of drug-likeness (QED) is 0.672. The van der Waals surface area contributed by atoms with Crippen LogP contribution in [0.3, 0.4) is 0 Å². The lowest BCUT2D eigenvalue weighted by molar-refractivity contribution is 0.111. The number of likely N-dealkylation sites (tertiary alicyclic amines) is 1. The number of hydrogen-bond acceptors (Lipinski definition) is 2. The van der Waals surface area contributed by atoms with Gasteiger partial charge in [-0.25, -0.2) is 0 Å². The molecule has 1 heterocycles. The predicted molar refractivity (Wildman–Crippen MR) is 58.0 cm³/mol. The highest BCUT2D eigenvalue weighted by molar-refractivity contribution is 4.84. The molecule has 0 N–H and O–H groups in total. The molecule has 2 heteroatoms. The molecule has 1 fully saturated rings. The monoisotopic (exact) mass is 187 g/mol. The van der Waals surface area contributed by atoms with Gasteiger partial charge in [-0.15, -0.1) is 0 Å². The van der Waals surface area contributed by atoms with E-state index in [0.29, 0.717) is 6.10 Å². The van der Waals surface area contributed by atoms with Crippen LogP contribution in [0.5, 0.6) is 0 Å². The summed E-state index contributed by atoms with van der Waals surface area (Å²) >= 11 is 0. The van der Waals surface area contributed by atoms with E-state index in [2.05, 4.69) is 25.8 Å². The minimum Gasteiger partial charge on any atom is -0.380 e. The molecular formula is C11H25NO. The van der Waals surface area contributed by atoms with Crippen LogP contribution in [0, 0.1) is 5.92 Å². The minimum atomic E-state index is 0. The lowest BCUT2D eigenvalue weighted by Crippen LogP contribution is -2.26. The fourth-order valence-electron chi connectivity index (χ4n) is 2.02. The standard InChI is InChI=1S/C10H21NO.CH4/c1-8(2)5-9-6-10(12-4)7-11(9)3;/h8-10H,5-7H2,1-4H3;1H4/t9-,10-;/m1./s1. The van der Waals surface area contributed by atoms with Gasteiger partial charge in [-0.1, -0.05) is 21.3 Å². The summed E-state index contributed by atoms with van der Waals surface area (Å²) in [4.78, 5) is 2.42. The number of nitrogens with zero attached hydrogens (tertiary/aromatic N) is 1. The van der Waals surface area contributed by atoms with Gasteiger partial charge in [0, 0.05) is 19.7 Å². The number of methoxy groups -OCH3 is 1. The number of likely N-dealkylation sites (N-methyl/N-ethyl adjacent to an activating group) is 1. The van der Waals surface area contributed by atoms with Gasteiger partial charge in [-0.3, -0.25) is 0 Å². The van der Waals surface area contributed by atoms with Crippen molar-refractivity contribution < 1.29 is 4.74 Å². The van der Waals surface area contributed by atoms with Crippen molar-refractivity contribution in [3.05, 3.63) is 0 Å². The SMILES string of the molecule is C.CO[C@@H]1C[C@@H](CC(C)C)N(C)C1. The Balaban J connectivity index is 0.00000144. The first-order valence-electron chi connectivity index (χ1n) is 4.86. The molecule has 0 aromatic carbocycles. The van der Waals surface area contributed by atoms with Crippen LogP contribution in [0.2, 0.25) is 0 Å². The third-order valence-corrected chi connectivity index (χ3v) is 2.73. The van der Waals surface area contributed by atoms with E-state index in [1.165, 1.54) is 12.8 Å². The fraction of sp³-hybridized carbons (Fsp3) is 1.00. The topological polar surface area (TPSA) is 12.5 Å². The molecule has 1 aliphatic heterocycles. The Hall–Kier alpha value is -0.0800. The van der Waals surface area contributed by atoms with Crippen molar-refractivity contribution >= 4 is 0 Å². The third-order valence-electron chi connectivity index (χ3n) is 2.73. The molecule has 13 heavy (non-hydrogen) atoms. The van der Waals surface area contributed by atoms with Crippen molar-refractivity contribution in [2.24, 2.45) is 5.92 Å². The van der Waals surface area contributed by atoms with Crippen LogP contribution in [0.15, 0.2) is 0 Å². The maximum absolute atomic E-state index is 5.35. The Morgan fingerprint density at radius 3 is 2.46 bits per heavy atom. The van der Waals surface area contributed by atoms with Crippen LogP contribution in [0.1, 0.15) is 34.1 Å². The van der Waals surface area contributed by atoms with E-state index in [1.54, 1.807) is 0 Å². The van der Waals surface area contributed by atoms with Gasteiger partial charge in [-0.2, -0.15) is 0 Å². The Labute approximate surface area is 83.3 Å². The highest BCUT2D eigenvalue weighted by Crippen LogP contribution is 2.23. The Morgan fingerprint density at radius 2 is 2.08 bits per heavy atom. The van der Waals surface area contributed by atoms with E-state index >= 15 is 0 Å². The van der Waals surface area contributed by atoms with E-state index < -0.39 is 0 Å². The van der Waals surface area contributed by atoms with Gasteiger partial charge in [-0.05, 0) is 25.8 Å². The maximum Gasteiger partial charge on any atom is 0.0713 e. The molecule has 0 saturated carbocycles. The van der Waals surface area contributed by atoms with Gasteiger partial charge in [0.05, 0.1) is 6.10 Å². The zero-order chi connectivity index (χ0) is 9.14. The van der Waals surface area contributed by atoms with Gasteiger partial charge in [0.15, 0.2) is 0 Å². The van der Waals surface area contributed by atoms with E-state index in [4.69, 9.17) is 4.74 Å². The highest BCUT2D eigenvalue weighted by atomic mass is 16.5. The van der Waals surface area contributed by atoms with E-state index in [0.717, 1.165) is 18.5 Å². The number of ether oxygens (including phenoxy) is 1. The molecule has 0 radical (unpaired) electrons. The van der Waals surface area contributed by atoms with Crippen LogP contribution in [0.25, 0.3) is 0 Å². The first-order valence-corrected chi connectivity index (χ1v) is 4.86. The molecule has 0 aromatic rings. The molecule has 0 aliphatic carbocycles. The van der Waals surface area contributed by atoms with Gasteiger partial charge in [0.2, 0.25) is 0 Å². The summed E-state index contributed by atoms with van der Waals surface area (Å²) in [6, 6.07) is 0.745. The predicted octanol–water partition coefficient (Wildman–Crippen LogP) is 2.39. The summed E-state index contributed by atoms with van der Waals surface area (Å²) in [5.41, 5.74) is 0. The van der Waals surface area contributed by atoms with Crippen LogP contribution in [-0.4, -0.2) is 37.7 Å². The lowest BCUT2D eigenvalue weighted by atomic mass is 10.0. The first kappa shape index (κ1) is 12.9. The summed E-state index contributed by atoms with van der Waals surface area (Å²) in [7, 11) is 4.02. The minimum absolute atomic E-state index is 0. The van der Waals surface area contributed by atoms with Crippen molar-refractivity contribution in [1.82, 2.24) is 4.90 Å². The summed E-state index contributed by atoms with van der Waals surface area (Å²) in [5, 5.41) is 0. The molecule has 0 unspecified atom stereocenters. The van der Waals surface area contributed by atoms with Crippen molar-refractivity contribution in [3.8, 4) is 0 Å². The summed E-state index contributed by atoms with van der Waals surface area (Å²) in [5.74, 6) is 0.799. The second-order valence-corrected chi connectivity index (χ2v) is 4.32. The van der Waals surface area contributed by atoms with Crippen LogP contribution in [-0.2, 0) is 4.74 Å². The van der Waals surface area contributed by atoms with E-state index in [-0.39, 0.29) is 7.43 Å². The lowest BCUT2D eigenvalue weighted by Gasteiger charge is -2.20. The molecule has 1 aliphatic rings. The van der Waals surface area contributed by atoms with Crippen LogP contribution in [0.4, 0.5) is 0 Å². The largest absolute Gasteiger partial charge is 0.380 e. The smallest absolute Gasteiger partial charge is 0.0713 e. The van der Waals surface area contributed by atoms with Crippen molar-refractivity contribution in [2.45, 2.75) is 46.3 Å². The van der Waals surface area contributed by atoms with Gasteiger partial charge >= 0.3 is 0 Å². The molecule has 0 amide bonds. The Morgan fingerprint density at radius 1 is 1.46 bits per heavy atom. The van der Waals surface area contributed by atoms with Gasteiger partial charge in [0.1, 0.15) is 0 Å². The Kier molecular flexibility index (Phi) is 5.57. The van der Waals surface area contributed by atoms with Gasteiger partial charge < -0.3 is 9.64 Å². The molecule has 80 valence electrons.